The van der Waals surface area contributed by atoms with Crippen LogP contribution in [0.2, 0.25) is 10.0 Å². The summed E-state index contributed by atoms with van der Waals surface area (Å²) in [6.07, 6.45) is 3.76. The number of methoxy groups -OCH3 is 1. The first-order valence-electron chi connectivity index (χ1n) is 11.1. The zero-order valence-electron chi connectivity index (χ0n) is 19.6. The molecule has 0 aliphatic heterocycles. The first-order valence-corrected chi connectivity index (χ1v) is 13.7. The highest BCUT2D eigenvalue weighted by molar-refractivity contribution is 7.12. The third kappa shape index (κ3) is 6.25. The lowest BCUT2D eigenvalue weighted by molar-refractivity contribution is 0.0735. The Kier molecular flexibility index (Phi) is 8.98. The second-order valence-corrected chi connectivity index (χ2v) is 10.2. The molecule has 4 aromatic rings. The maximum atomic E-state index is 12.3. The van der Waals surface area contributed by atoms with E-state index in [2.05, 4.69) is 6.92 Å². The van der Waals surface area contributed by atoms with E-state index < -0.39 is 5.97 Å². The Balaban J connectivity index is 1.66. The minimum atomic E-state index is -0.428. The molecule has 0 aliphatic rings. The number of rotatable bonds is 9. The van der Waals surface area contributed by atoms with Gasteiger partial charge in [0.05, 0.1) is 29.1 Å². The third-order valence-electron chi connectivity index (χ3n) is 5.09. The lowest BCUT2D eigenvalue weighted by atomic mass is 10.2. The number of halogens is 2. The second-order valence-electron chi connectivity index (χ2n) is 7.60. The highest BCUT2D eigenvalue weighted by atomic mass is 35.5. The highest BCUT2D eigenvalue weighted by Crippen LogP contribution is 2.30. The molecule has 36 heavy (non-hydrogen) atoms. The van der Waals surface area contributed by atoms with Crippen LogP contribution in [0.3, 0.4) is 0 Å². The lowest BCUT2D eigenvalue weighted by Gasteiger charge is -2.09. The van der Waals surface area contributed by atoms with Crippen molar-refractivity contribution in [2.75, 3.05) is 13.7 Å². The maximum Gasteiger partial charge on any atom is 0.353 e. The monoisotopic (exact) mass is 559 g/mol. The van der Waals surface area contributed by atoms with E-state index in [0.717, 1.165) is 34.5 Å². The summed E-state index contributed by atoms with van der Waals surface area (Å²) in [5.74, 6) is 0.336. The molecule has 10 heteroatoms. The molecule has 0 bridgehead atoms. The molecule has 0 saturated carbocycles. The van der Waals surface area contributed by atoms with Crippen molar-refractivity contribution in [2.45, 2.75) is 19.8 Å². The third-order valence-corrected chi connectivity index (χ3v) is 7.54. The second kappa shape index (κ2) is 12.4. The van der Waals surface area contributed by atoms with Crippen molar-refractivity contribution in [3.8, 4) is 22.8 Å². The molecule has 0 aliphatic carbocycles. The minimum absolute atomic E-state index is 0.336. The number of thiazole rings is 1. The van der Waals surface area contributed by atoms with Crippen molar-refractivity contribution in [3.63, 3.8) is 0 Å². The largest absolute Gasteiger partial charge is 0.493 e. The molecule has 0 saturated heterocycles. The quantitative estimate of drug-likeness (QED) is 0.0928. The van der Waals surface area contributed by atoms with Crippen LogP contribution in [-0.4, -0.2) is 30.5 Å². The minimum Gasteiger partial charge on any atom is -0.493 e. The lowest BCUT2D eigenvalue weighted by Crippen LogP contribution is -2.13. The Hall–Kier alpha value is -2.91. The van der Waals surface area contributed by atoms with Gasteiger partial charge >= 0.3 is 5.97 Å². The Morgan fingerprint density at radius 2 is 1.94 bits per heavy atom. The van der Waals surface area contributed by atoms with Gasteiger partial charge in [0.2, 0.25) is 4.80 Å². The molecule has 0 amide bonds. The van der Waals surface area contributed by atoms with Crippen LogP contribution in [-0.2, 0) is 0 Å². The Morgan fingerprint density at radius 1 is 1.08 bits per heavy atom. The molecule has 0 atom stereocenters. The van der Waals surface area contributed by atoms with Crippen molar-refractivity contribution in [3.05, 3.63) is 84.6 Å². The van der Waals surface area contributed by atoms with Gasteiger partial charge in [0.15, 0.2) is 11.5 Å². The summed E-state index contributed by atoms with van der Waals surface area (Å²) in [6.45, 7) is 2.84. The van der Waals surface area contributed by atoms with E-state index in [0.29, 0.717) is 33.0 Å². The van der Waals surface area contributed by atoms with Crippen molar-refractivity contribution < 1.29 is 14.3 Å². The molecule has 6 nitrogen and oxygen atoms in total. The number of carbonyl (C=O) groups excluding carboxylic acids is 1. The van der Waals surface area contributed by atoms with Gasteiger partial charge in [-0.05, 0) is 53.8 Å². The zero-order valence-corrected chi connectivity index (χ0v) is 22.8. The molecule has 0 spiro atoms. The molecule has 0 N–H and O–H groups in total. The predicted octanol–water partition coefficient (Wildman–Crippen LogP) is 7.40. The number of hydrogen-bond donors (Lipinski definition) is 0. The number of benzene rings is 2. The summed E-state index contributed by atoms with van der Waals surface area (Å²) >= 11 is 15.2. The number of ether oxygens (including phenoxy) is 2. The van der Waals surface area contributed by atoms with E-state index in [-0.39, 0.29) is 0 Å². The number of nitrogens with zero attached hydrogens (tertiary/aromatic N) is 3. The molecule has 0 unspecified atom stereocenters. The van der Waals surface area contributed by atoms with Gasteiger partial charge in [-0.3, -0.25) is 4.99 Å². The number of carbonyl (C=O) groups is 1. The van der Waals surface area contributed by atoms with Crippen LogP contribution >= 0.6 is 45.9 Å². The van der Waals surface area contributed by atoms with Crippen molar-refractivity contribution >= 4 is 58.1 Å². The average molecular weight is 561 g/mol. The predicted molar refractivity (Wildman–Crippen MR) is 148 cm³/mol. The van der Waals surface area contributed by atoms with Gasteiger partial charge in [-0.1, -0.05) is 48.7 Å². The normalized spacial score (nSPS) is 11.8. The van der Waals surface area contributed by atoms with E-state index in [4.69, 9.17) is 42.8 Å². The average Bonchev–Trinajstić information content (AvgIpc) is 3.56. The summed E-state index contributed by atoms with van der Waals surface area (Å²) in [5, 5.41) is 9.50. The zero-order chi connectivity index (χ0) is 25.5. The van der Waals surface area contributed by atoms with Crippen LogP contribution in [0.15, 0.2) is 69.4 Å². The van der Waals surface area contributed by atoms with Crippen LogP contribution < -0.4 is 14.3 Å². The Morgan fingerprint density at radius 3 is 2.67 bits per heavy atom. The first kappa shape index (κ1) is 26.2. The molecule has 2 heterocycles. The fourth-order valence-electron chi connectivity index (χ4n) is 3.22. The summed E-state index contributed by atoms with van der Waals surface area (Å²) in [7, 11) is 1.53. The van der Waals surface area contributed by atoms with Gasteiger partial charge in [0, 0.05) is 17.5 Å². The van der Waals surface area contributed by atoms with Crippen LogP contribution in [0.5, 0.6) is 11.5 Å². The number of aromatic nitrogens is 1. The van der Waals surface area contributed by atoms with Crippen molar-refractivity contribution in [1.82, 2.24) is 4.68 Å². The van der Waals surface area contributed by atoms with Gasteiger partial charge in [-0.25, -0.2) is 9.47 Å². The van der Waals surface area contributed by atoms with Crippen LogP contribution in [0.25, 0.3) is 11.3 Å². The smallest absolute Gasteiger partial charge is 0.353 e. The summed E-state index contributed by atoms with van der Waals surface area (Å²) in [4.78, 5) is 18.4. The van der Waals surface area contributed by atoms with E-state index in [1.807, 2.05) is 29.0 Å². The van der Waals surface area contributed by atoms with Gasteiger partial charge in [0.1, 0.15) is 4.88 Å². The first-order chi connectivity index (χ1) is 17.5. The van der Waals surface area contributed by atoms with Crippen molar-refractivity contribution in [1.29, 1.82) is 0 Å². The number of hydrogen-bond acceptors (Lipinski definition) is 7. The fourth-order valence-corrected chi connectivity index (χ4v) is 4.98. The Labute approximate surface area is 227 Å². The van der Waals surface area contributed by atoms with E-state index >= 15 is 0 Å². The molecule has 186 valence electrons. The molecular formula is C26H23Cl2N3O3S2. The molecule has 0 radical (unpaired) electrons. The number of esters is 1. The van der Waals surface area contributed by atoms with Crippen molar-refractivity contribution in [2.24, 2.45) is 10.1 Å². The summed E-state index contributed by atoms with van der Waals surface area (Å²) in [6, 6.07) is 14.3. The van der Waals surface area contributed by atoms with Gasteiger partial charge in [-0.15, -0.1) is 22.7 Å². The molecule has 2 aromatic heterocycles. The van der Waals surface area contributed by atoms with Gasteiger partial charge in [-0.2, -0.15) is 5.10 Å². The van der Waals surface area contributed by atoms with E-state index in [1.165, 1.54) is 29.8 Å². The molecule has 4 rings (SSSR count). The summed E-state index contributed by atoms with van der Waals surface area (Å²) in [5.41, 5.74) is 2.49. The highest BCUT2D eigenvalue weighted by Gasteiger charge is 2.14. The van der Waals surface area contributed by atoms with Crippen LogP contribution in [0.1, 0.15) is 35.0 Å². The fraction of sp³-hybridized carbons (Fsp3) is 0.192. The summed E-state index contributed by atoms with van der Waals surface area (Å²) < 4.78 is 12.8. The van der Waals surface area contributed by atoms with E-state index in [1.54, 1.807) is 41.2 Å². The topological polar surface area (TPSA) is 65.2 Å². The standard InChI is InChI=1S/C26H23Cl2N3O3S2/c1-3-4-11-29-26-31(21(16-36-26)18-8-9-19(27)20(28)14-18)30-15-17-7-10-22(23(13-17)33-2)34-25(32)24-6-5-12-35-24/h5-10,12-16H,3-4,11H2,1-2H3. The molecule has 2 aromatic carbocycles. The maximum absolute atomic E-state index is 12.3. The Bertz CT molecular complexity index is 1440. The number of unbranched alkanes of at least 4 members (excludes halogenated alkanes) is 1. The SMILES string of the molecule is CCCCN=c1scc(-c2ccc(Cl)c(Cl)c2)n1N=Cc1ccc(OC(=O)c2cccs2)c(OC)c1. The van der Waals surface area contributed by atoms with Crippen LogP contribution in [0.4, 0.5) is 0 Å². The van der Waals surface area contributed by atoms with Crippen LogP contribution in [0, 0.1) is 0 Å². The van der Waals surface area contributed by atoms with Gasteiger partial charge < -0.3 is 9.47 Å². The van der Waals surface area contributed by atoms with E-state index in [9.17, 15) is 4.79 Å². The van der Waals surface area contributed by atoms with Gasteiger partial charge in [0.25, 0.3) is 0 Å². The molecule has 0 fully saturated rings. The molecular weight excluding hydrogens is 537 g/mol. The number of thiophene rings is 1.